The highest BCUT2D eigenvalue weighted by molar-refractivity contribution is 6.32. The molecule has 0 unspecified atom stereocenters. The van der Waals surface area contributed by atoms with Crippen LogP contribution in [0.25, 0.3) is 0 Å². The van der Waals surface area contributed by atoms with Crippen molar-refractivity contribution in [3.05, 3.63) is 0 Å². The first-order valence-electron chi connectivity index (χ1n) is 4.47. The Labute approximate surface area is 89.3 Å². The lowest BCUT2D eigenvalue weighted by Gasteiger charge is -2.17. The van der Waals surface area contributed by atoms with Crippen LogP contribution in [0.4, 0.5) is 13.2 Å². The summed E-state index contributed by atoms with van der Waals surface area (Å²) in [6.45, 7) is -0.892. The van der Waals surface area contributed by atoms with Crippen molar-refractivity contribution in [2.75, 3.05) is 20.2 Å². The van der Waals surface area contributed by atoms with E-state index in [1.165, 1.54) is 0 Å². The monoisotopic (exact) mass is 240 g/mol. The van der Waals surface area contributed by atoms with E-state index < -0.39 is 36.6 Å². The minimum absolute atomic E-state index is 0.294. The number of methoxy groups -OCH3 is 1. The van der Waals surface area contributed by atoms with Crippen molar-refractivity contribution in [1.29, 1.82) is 0 Å². The Morgan fingerprint density at radius 1 is 1.38 bits per heavy atom. The Hall–Kier alpha value is -1.31. The molecule has 1 heterocycles. The van der Waals surface area contributed by atoms with Gasteiger partial charge in [0.1, 0.15) is 0 Å². The van der Waals surface area contributed by atoms with Gasteiger partial charge in [0.2, 0.25) is 0 Å². The van der Waals surface area contributed by atoms with Gasteiger partial charge in [-0.2, -0.15) is 13.2 Å². The average molecular weight is 240 g/mol. The Morgan fingerprint density at radius 2 is 1.94 bits per heavy atom. The number of amides is 1. The van der Waals surface area contributed by atoms with Crippen LogP contribution in [0.3, 0.4) is 0 Å². The smallest absolute Gasteiger partial charge is 0.396 e. The molecule has 0 radical (unpaired) electrons. The summed E-state index contributed by atoms with van der Waals surface area (Å²) in [5, 5.41) is 0. The van der Waals surface area contributed by atoms with Crippen molar-refractivity contribution in [3.63, 3.8) is 0 Å². The normalized spacial score (nSPS) is 25.7. The lowest BCUT2D eigenvalue weighted by molar-refractivity contribution is -0.175. The number of alkyl halides is 3. The van der Waals surface area contributed by atoms with Gasteiger partial charge in [-0.05, 0) is 0 Å². The second-order valence-electron chi connectivity index (χ2n) is 3.51. The molecule has 1 aliphatic rings. The lowest BCUT2D eigenvalue weighted by Crippen LogP contribution is -2.38. The van der Waals surface area contributed by atoms with E-state index in [1.807, 2.05) is 0 Å². The zero-order chi connectivity index (χ0) is 12.5. The molecule has 2 N–H and O–H groups in total. The summed E-state index contributed by atoms with van der Waals surface area (Å²) >= 11 is 0. The Morgan fingerprint density at radius 3 is 2.31 bits per heavy atom. The summed E-state index contributed by atoms with van der Waals surface area (Å²) in [6.07, 6.45) is -4.47. The van der Waals surface area contributed by atoms with Gasteiger partial charge in [0.15, 0.2) is 0 Å². The van der Waals surface area contributed by atoms with Gasteiger partial charge >= 0.3 is 18.1 Å². The summed E-state index contributed by atoms with van der Waals surface area (Å²) in [7, 11) is 0.984. The third-order valence-electron chi connectivity index (χ3n) is 2.43. The molecule has 1 saturated heterocycles. The summed E-state index contributed by atoms with van der Waals surface area (Å²) in [5.41, 5.74) is 5.27. The van der Waals surface area contributed by atoms with Gasteiger partial charge in [-0.1, -0.05) is 0 Å². The second-order valence-corrected chi connectivity index (χ2v) is 3.51. The third-order valence-corrected chi connectivity index (χ3v) is 2.43. The van der Waals surface area contributed by atoms with Gasteiger partial charge in [0, 0.05) is 19.1 Å². The van der Waals surface area contributed by atoms with Crippen LogP contribution in [-0.2, 0) is 14.3 Å². The predicted molar refractivity (Wildman–Crippen MR) is 46.1 cm³/mol. The Balaban J connectivity index is 2.70. The highest BCUT2D eigenvalue weighted by atomic mass is 19.4. The van der Waals surface area contributed by atoms with E-state index in [-0.39, 0.29) is 6.54 Å². The highest BCUT2D eigenvalue weighted by Gasteiger charge is 2.50. The molecule has 0 aromatic carbocycles. The van der Waals surface area contributed by atoms with Crippen molar-refractivity contribution in [2.45, 2.75) is 12.2 Å². The van der Waals surface area contributed by atoms with Gasteiger partial charge in [-0.15, -0.1) is 0 Å². The molecule has 0 aliphatic carbocycles. The quantitative estimate of drug-likeness (QED) is 0.458. The van der Waals surface area contributed by atoms with Crippen LogP contribution in [0.5, 0.6) is 0 Å². The number of halogens is 3. The molecule has 0 spiro atoms. The van der Waals surface area contributed by atoms with Crippen LogP contribution < -0.4 is 5.73 Å². The van der Waals surface area contributed by atoms with Gasteiger partial charge < -0.3 is 15.4 Å². The van der Waals surface area contributed by atoms with E-state index in [0.717, 1.165) is 12.0 Å². The van der Waals surface area contributed by atoms with Crippen molar-refractivity contribution in [2.24, 2.45) is 11.7 Å². The number of hydrogen-bond acceptors (Lipinski definition) is 4. The molecule has 1 rings (SSSR count). The summed E-state index contributed by atoms with van der Waals surface area (Å²) < 4.78 is 41.3. The number of likely N-dealkylation sites (tertiary alicyclic amines) is 1. The molecule has 0 aromatic heterocycles. The number of esters is 1. The summed E-state index contributed by atoms with van der Waals surface area (Å²) in [5.74, 6) is -4.07. The maximum Gasteiger partial charge on any atom is 0.396 e. The van der Waals surface area contributed by atoms with Gasteiger partial charge in [0.25, 0.3) is 0 Å². The molecule has 0 aromatic rings. The Kier molecular flexibility index (Phi) is 3.41. The molecule has 5 nitrogen and oxygen atoms in total. The van der Waals surface area contributed by atoms with E-state index in [2.05, 4.69) is 4.74 Å². The largest absolute Gasteiger partial charge is 0.462 e. The van der Waals surface area contributed by atoms with Crippen LogP contribution >= 0.6 is 0 Å². The number of nitrogens with zero attached hydrogens (tertiary/aromatic N) is 1. The predicted octanol–water partition coefficient (Wildman–Crippen LogP) is -0.493. The first-order valence-corrected chi connectivity index (χ1v) is 4.47. The first-order chi connectivity index (χ1) is 7.27. The fourth-order valence-electron chi connectivity index (χ4n) is 1.56. The van der Waals surface area contributed by atoms with Crippen molar-refractivity contribution in [1.82, 2.24) is 4.90 Å². The molecule has 1 amide bonds. The van der Waals surface area contributed by atoms with E-state index in [0.29, 0.717) is 0 Å². The van der Waals surface area contributed by atoms with Crippen LogP contribution in [0.1, 0.15) is 0 Å². The molecule has 16 heavy (non-hydrogen) atoms. The molecule has 0 saturated carbocycles. The molecule has 8 heteroatoms. The third kappa shape index (κ3) is 2.43. The Bertz CT molecular complexity index is 305. The lowest BCUT2D eigenvalue weighted by atomic mass is 10.1. The molecule has 2 atom stereocenters. The van der Waals surface area contributed by atoms with E-state index >= 15 is 0 Å². The maximum atomic E-state index is 12.4. The van der Waals surface area contributed by atoms with Crippen LogP contribution in [0.15, 0.2) is 0 Å². The standard InChI is InChI=1S/C8H11F3N2O3/c1-16-7(15)6(14)13-2-4(5(12)3-13)8(9,10)11/h4-5H,2-3,12H2,1H3/t4-,5-/m0/s1. The van der Waals surface area contributed by atoms with Crippen LogP contribution in [0.2, 0.25) is 0 Å². The molecular formula is C8H11F3N2O3. The topological polar surface area (TPSA) is 72.6 Å². The molecular weight excluding hydrogens is 229 g/mol. The van der Waals surface area contributed by atoms with Crippen LogP contribution in [0, 0.1) is 5.92 Å². The maximum absolute atomic E-state index is 12.4. The van der Waals surface area contributed by atoms with E-state index in [9.17, 15) is 22.8 Å². The van der Waals surface area contributed by atoms with Crippen molar-refractivity contribution >= 4 is 11.9 Å². The van der Waals surface area contributed by atoms with Gasteiger partial charge in [-0.3, -0.25) is 4.79 Å². The van der Waals surface area contributed by atoms with Gasteiger partial charge in [0.05, 0.1) is 13.0 Å². The fraction of sp³-hybridized carbons (Fsp3) is 0.750. The second kappa shape index (κ2) is 4.28. The average Bonchev–Trinajstić information content (AvgIpc) is 2.57. The number of carbonyl (C=O) groups is 2. The summed E-state index contributed by atoms with van der Waals surface area (Å²) in [4.78, 5) is 22.8. The minimum Gasteiger partial charge on any atom is -0.462 e. The van der Waals surface area contributed by atoms with Crippen molar-refractivity contribution in [3.8, 4) is 0 Å². The minimum atomic E-state index is -4.47. The number of nitrogens with two attached hydrogens (primary N) is 1. The zero-order valence-electron chi connectivity index (χ0n) is 8.45. The fourth-order valence-corrected chi connectivity index (χ4v) is 1.56. The molecule has 0 bridgehead atoms. The number of carbonyl (C=O) groups excluding carboxylic acids is 2. The molecule has 92 valence electrons. The highest BCUT2D eigenvalue weighted by Crippen LogP contribution is 2.32. The number of ether oxygens (including phenoxy) is 1. The van der Waals surface area contributed by atoms with E-state index in [1.54, 1.807) is 0 Å². The number of hydrogen-bond donors (Lipinski definition) is 1. The van der Waals surface area contributed by atoms with E-state index in [4.69, 9.17) is 5.73 Å². The van der Waals surface area contributed by atoms with Crippen LogP contribution in [-0.4, -0.2) is 49.2 Å². The molecule has 1 fully saturated rings. The number of rotatable bonds is 0. The molecule has 1 aliphatic heterocycles. The zero-order valence-corrected chi connectivity index (χ0v) is 8.45. The first kappa shape index (κ1) is 12.8. The van der Waals surface area contributed by atoms with Crippen molar-refractivity contribution < 1.29 is 27.5 Å². The van der Waals surface area contributed by atoms with Gasteiger partial charge in [-0.25, -0.2) is 4.79 Å². The SMILES string of the molecule is COC(=O)C(=O)N1C[C@H](N)[C@@H](C(F)(F)F)C1. The summed E-state index contributed by atoms with van der Waals surface area (Å²) in [6, 6.07) is -1.20.